The van der Waals surface area contributed by atoms with Gasteiger partial charge in [0.25, 0.3) is 5.91 Å². The first-order chi connectivity index (χ1) is 16.4. The number of carbonyl (C=O) groups is 1. The highest BCUT2D eigenvalue weighted by Crippen LogP contribution is 2.32. The Kier molecular flexibility index (Phi) is 5.91. The quantitative estimate of drug-likeness (QED) is 0.363. The van der Waals surface area contributed by atoms with Crippen LogP contribution in [0.1, 0.15) is 46.2 Å². The average Bonchev–Trinajstić information content (AvgIpc) is 3.52. The van der Waals surface area contributed by atoms with E-state index in [1.807, 2.05) is 25.1 Å². The Hall–Kier alpha value is -3.16. The van der Waals surface area contributed by atoms with Crippen molar-refractivity contribution in [1.82, 2.24) is 14.7 Å². The second kappa shape index (κ2) is 8.89. The van der Waals surface area contributed by atoms with Crippen LogP contribution in [0.15, 0.2) is 47.0 Å². The van der Waals surface area contributed by atoms with Crippen LogP contribution in [0, 0.1) is 6.92 Å². The molecule has 8 heteroatoms. The van der Waals surface area contributed by atoms with Crippen molar-refractivity contribution < 1.29 is 18.5 Å². The first-order valence-corrected chi connectivity index (χ1v) is 11.9. The van der Waals surface area contributed by atoms with E-state index in [2.05, 4.69) is 12.2 Å². The molecule has 0 saturated carbocycles. The van der Waals surface area contributed by atoms with Crippen LogP contribution in [0.5, 0.6) is 5.75 Å². The third-order valence-corrected chi connectivity index (χ3v) is 7.10. The molecule has 4 aromatic rings. The molecule has 1 saturated heterocycles. The lowest BCUT2D eigenvalue weighted by Crippen LogP contribution is -2.40. The fourth-order valence-electron chi connectivity index (χ4n) is 4.97. The molecule has 3 heterocycles. The lowest BCUT2D eigenvalue weighted by Gasteiger charge is -2.27. The van der Waals surface area contributed by atoms with Gasteiger partial charge in [-0.1, -0.05) is 16.8 Å². The predicted molar refractivity (Wildman–Crippen MR) is 130 cm³/mol. The van der Waals surface area contributed by atoms with E-state index in [1.165, 1.54) is 12.8 Å². The number of hydrogen-bond donors (Lipinski definition) is 0. The lowest BCUT2D eigenvalue weighted by molar-refractivity contribution is -0.911. The number of ether oxygens (including phenoxy) is 1. The van der Waals surface area contributed by atoms with Gasteiger partial charge in [-0.15, -0.1) is 0 Å². The normalized spacial score (nSPS) is 15.2. The summed E-state index contributed by atoms with van der Waals surface area (Å²) in [6, 6.07) is 12.7. The summed E-state index contributed by atoms with van der Waals surface area (Å²) in [5, 5.41) is 5.77. The highest BCUT2D eigenvalue weighted by atomic mass is 35.5. The topological polar surface area (TPSA) is 70.2 Å². The van der Waals surface area contributed by atoms with Gasteiger partial charge in [0, 0.05) is 34.5 Å². The summed E-state index contributed by atoms with van der Waals surface area (Å²) in [6.45, 7) is 5.00. The second-order valence-electron chi connectivity index (χ2n) is 9.31. The molecule has 34 heavy (non-hydrogen) atoms. The van der Waals surface area contributed by atoms with Gasteiger partial charge in [0.2, 0.25) is 11.7 Å². The Morgan fingerprint density at radius 3 is 2.62 bits per heavy atom. The molecule has 2 aromatic heterocycles. The number of nitrogens with zero attached hydrogens (tertiary/aromatic N) is 4. The van der Waals surface area contributed by atoms with Crippen LogP contribution >= 0.6 is 11.6 Å². The summed E-state index contributed by atoms with van der Waals surface area (Å²) in [5.41, 5.74) is 3.17. The summed E-state index contributed by atoms with van der Waals surface area (Å²) in [4.78, 5) is 18.2. The molecule has 1 aliphatic rings. The number of benzene rings is 2. The zero-order valence-corrected chi connectivity index (χ0v) is 20.4. The number of fused-ring (bicyclic) bond motifs is 1. The lowest BCUT2D eigenvalue weighted by atomic mass is 10.1. The molecule has 0 atom stereocenters. The van der Waals surface area contributed by atoms with Crippen molar-refractivity contribution in [3.8, 4) is 5.75 Å². The van der Waals surface area contributed by atoms with Crippen molar-refractivity contribution in [2.24, 2.45) is 0 Å². The monoisotopic (exact) mass is 479 g/mol. The minimum Gasteiger partial charge on any atom is -0.497 e. The van der Waals surface area contributed by atoms with Crippen LogP contribution in [0.25, 0.3) is 10.9 Å². The zero-order valence-electron chi connectivity index (χ0n) is 19.7. The van der Waals surface area contributed by atoms with Crippen LogP contribution in [0.3, 0.4) is 0 Å². The van der Waals surface area contributed by atoms with Crippen molar-refractivity contribution in [3.05, 3.63) is 76.0 Å². The summed E-state index contributed by atoms with van der Waals surface area (Å²) < 4.78 is 13.8. The van der Waals surface area contributed by atoms with Crippen molar-refractivity contribution in [1.29, 1.82) is 0 Å². The summed E-state index contributed by atoms with van der Waals surface area (Å²) in [7, 11) is 3.88. The maximum Gasteiger partial charge on any atom is 0.262 e. The number of quaternary nitrogens is 1. The molecule has 0 N–H and O–H groups in total. The Labute approximate surface area is 203 Å². The molecular formula is C26H28ClN4O3+. The molecule has 0 spiro atoms. The highest BCUT2D eigenvalue weighted by molar-refractivity contribution is 6.30. The van der Waals surface area contributed by atoms with E-state index in [1.54, 1.807) is 35.9 Å². The predicted octanol–water partition coefficient (Wildman–Crippen LogP) is 5.01. The van der Waals surface area contributed by atoms with Gasteiger partial charge in [0.1, 0.15) is 12.3 Å². The van der Waals surface area contributed by atoms with Gasteiger partial charge in [-0.25, -0.2) is 0 Å². The Bertz CT molecular complexity index is 1350. The maximum atomic E-state index is 13.5. The van der Waals surface area contributed by atoms with Gasteiger partial charge >= 0.3 is 0 Å². The van der Waals surface area contributed by atoms with E-state index in [-0.39, 0.29) is 5.91 Å². The number of hydrogen-bond acceptors (Lipinski definition) is 5. The summed E-state index contributed by atoms with van der Waals surface area (Å²) in [5.74, 6) is 1.89. The van der Waals surface area contributed by atoms with Crippen LogP contribution in [0.2, 0.25) is 5.02 Å². The van der Waals surface area contributed by atoms with Gasteiger partial charge in [0.15, 0.2) is 0 Å². The molecule has 0 radical (unpaired) electrons. The van der Waals surface area contributed by atoms with E-state index in [0.717, 1.165) is 57.9 Å². The number of carbonyl (C=O) groups excluding carboxylic acids is 1. The van der Waals surface area contributed by atoms with E-state index < -0.39 is 0 Å². The second-order valence-corrected chi connectivity index (χ2v) is 9.74. The molecule has 0 amide bonds. The highest BCUT2D eigenvalue weighted by Gasteiger charge is 2.29. The van der Waals surface area contributed by atoms with E-state index in [0.29, 0.717) is 22.9 Å². The first kappa shape index (κ1) is 22.6. The molecule has 7 nitrogen and oxygen atoms in total. The number of aromatic nitrogens is 3. The Morgan fingerprint density at radius 1 is 1.18 bits per heavy atom. The molecular weight excluding hydrogens is 452 g/mol. The molecule has 5 rings (SSSR count). The fraction of sp³-hybridized carbons (Fsp3) is 0.346. The van der Waals surface area contributed by atoms with Crippen LogP contribution in [-0.4, -0.2) is 52.3 Å². The van der Waals surface area contributed by atoms with Gasteiger partial charge < -0.3 is 13.7 Å². The average molecular weight is 480 g/mol. The molecule has 2 aromatic carbocycles. The molecule has 0 aliphatic carbocycles. The van der Waals surface area contributed by atoms with Crippen LogP contribution < -0.4 is 4.74 Å². The summed E-state index contributed by atoms with van der Waals surface area (Å²) >= 11 is 6.02. The van der Waals surface area contributed by atoms with Gasteiger partial charge in [0.05, 0.1) is 39.2 Å². The smallest absolute Gasteiger partial charge is 0.262 e. The third kappa shape index (κ3) is 4.21. The van der Waals surface area contributed by atoms with E-state index in [4.69, 9.17) is 25.8 Å². The molecule has 1 fully saturated rings. The Balaban J connectivity index is 1.52. The Morgan fingerprint density at radius 2 is 1.91 bits per heavy atom. The van der Waals surface area contributed by atoms with Gasteiger partial charge in [-0.05, 0) is 55.0 Å². The zero-order chi connectivity index (χ0) is 23.9. The fourth-order valence-corrected chi connectivity index (χ4v) is 5.10. The van der Waals surface area contributed by atoms with Crippen LogP contribution in [-0.2, 0) is 13.0 Å². The van der Waals surface area contributed by atoms with Crippen molar-refractivity contribution in [2.45, 2.75) is 32.7 Å². The van der Waals surface area contributed by atoms with Crippen molar-refractivity contribution in [3.63, 3.8) is 0 Å². The van der Waals surface area contributed by atoms with Gasteiger partial charge in [-0.2, -0.15) is 4.98 Å². The molecule has 0 bridgehead atoms. The van der Waals surface area contributed by atoms with E-state index in [9.17, 15) is 4.79 Å². The minimum absolute atomic E-state index is 0.117. The van der Waals surface area contributed by atoms with Gasteiger partial charge in [-0.3, -0.25) is 9.36 Å². The number of methoxy groups -OCH3 is 1. The largest absolute Gasteiger partial charge is 0.497 e. The van der Waals surface area contributed by atoms with Crippen LogP contribution in [0.4, 0.5) is 0 Å². The number of halogens is 1. The molecule has 0 unspecified atom stereocenters. The third-order valence-electron chi connectivity index (χ3n) is 6.84. The number of likely N-dealkylation sites (tertiary alicyclic amines) is 1. The maximum absolute atomic E-state index is 13.5. The standard InChI is InChI=1S/C26H28ClN4O3/c1-17-21(15-25-28-24(29-34-25)16-31(2)12-4-5-13-31)22-14-20(33-3)10-11-23(22)30(17)26(32)18-6-8-19(27)9-7-18/h6-11,14H,4-5,12-13,15-16H2,1-3H3/q+1. The van der Waals surface area contributed by atoms with Crippen molar-refractivity contribution >= 4 is 28.4 Å². The number of rotatable bonds is 6. The van der Waals surface area contributed by atoms with Crippen molar-refractivity contribution in [2.75, 3.05) is 27.2 Å². The SMILES string of the molecule is COc1ccc2c(c1)c(Cc1nc(C[N+]3(C)CCCC3)no1)c(C)n2C(=O)c1ccc(Cl)cc1. The minimum atomic E-state index is -0.117. The molecule has 1 aliphatic heterocycles. The van der Waals surface area contributed by atoms with E-state index >= 15 is 0 Å². The first-order valence-electron chi connectivity index (χ1n) is 11.5. The molecule has 176 valence electrons. The summed E-state index contributed by atoms with van der Waals surface area (Å²) in [6.07, 6.45) is 2.92.